The van der Waals surface area contributed by atoms with Crippen LogP contribution in [0.3, 0.4) is 0 Å². The van der Waals surface area contributed by atoms with E-state index in [1.807, 2.05) is 7.05 Å². The summed E-state index contributed by atoms with van der Waals surface area (Å²) in [6.45, 7) is 3.79. The number of carbonyl (C=O) groups excluding carboxylic acids is 1. The van der Waals surface area contributed by atoms with E-state index in [4.69, 9.17) is 0 Å². The van der Waals surface area contributed by atoms with Crippen molar-refractivity contribution >= 4 is 5.91 Å². The molecule has 0 spiro atoms. The molecule has 1 aliphatic rings. The van der Waals surface area contributed by atoms with Crippen molar-refractivity contribution in [2.24, 2.45) is 5.41 Å². The molecule has 0 saturated heterocycles. The molecule has 0 unspecified atom stereocenters. The molecule has 2 N–H and O–H groups in total. The maximum Gasteiger partial charge on any atom is 0.227 e. The Hall–Kier alpha value is -0.570. The molecule has 0 radical (unpaired) electrons. The van der Waals surface area contributed by atoms with Gasteiger partial charge in [-0.15, -0.1) is 0 Å². The van der Waals surface area contributed by atoms with Crippen LogP contribution in [0.25, 0.3) is 0 Å². The maximum absolute atomic E-state index is 11.6. The Morgan fingerprint density at radius 3 is 2.62 bits per heavy atom. The molecule has 0 aromatic heterocycles. The summed E-state index contributed by atoms with van der Waals surface area (Å²) < 4.78 is 0. The average Bonchev–Trinajstić information content (AvgIpc) is 2.87. The monoisotopic (exact) mass is 184 g/mol. The molecule has 1 saturated carbocycles. The van der Waals surface area contributed by atoms with Crippen molar-refractivity contribution in [3.8, 4) is 0 Å². The Balaban J connectivity index is 2.22. The molecule has 0 aliphatic heterocycles. The number of amides is 1. The van der Waals surface area contributed by atoms with Gasteiger partial charge in [0.15, 0.2) is 0 Å². The first-order valence-electron chi connectivity index (χ1n) is 5.18. The Kier molecular flexibility index (Phi) is 3.72. The second-order valence-corrected chi connectivity index (χ2v) is 3.92. The van der Waals surface area contributed by atoms with Gasteiger partial charge in [0.25, 0.3) is 0 Å². The summed E-state index contributed by atoms with van der Waals surface area (Å²) in [4.78, 5) is 11.6. The van der Waals surface area contributed by atoms with Crippen LogP contribution in [0.15, 0.2) is 0 Å². The highest BCUT2D eigenvalue weighted by atomic mass is 16.2. The largest absolute Gasteiger partial charge is 0.356 e. The number of hydrogen-bond donors (Lipinski definition) is 2. The minimum absolute atomic E-state index is 0.0531. The summed E-state index contributed by atoms with van der Waals surface area (Å²) in [5.41, 5.74) is -0.0531. The molecule has 76 valence electrons. The third-order valence-corrected chi connectivity index (χ3v) is 2.67. The minimum atomic E-state index is -0.0531. The molecule has 1 aliphatic carbocycles. The molecule has 13 heavy (non-hydrogen) atoms. The number of hydrogen-bond acceptors (Lipinski definition) is 2. The highest BCUT2D eigenvalue weighted by molar-refractivity contribution is 5.85. The summed E-state index contributed by atoms with van der Waals surface area (Å²) in [6, 6.07) is 0. The van der Waals surface area contributed by atoms with E-state index in [2.05, 4.69) is 17.6 Å². The smallest absolute Gasteiger partial charge is 0.227 e. The SMILES string of the molecule is CCCCNC(=O)C1(CNC)CC1. The van der Waals surface area contributed by atoms with Crippen LogP contribution in [-0.4, -0.2) is 26.0 Å². The van der Waals surface area contributed by atoms with Crippen molar-refractivity contribution in [2.45, 2.75) is 32.6 Å². The molecule has 0 aromatic carbocycles. The van der Waals surface area contributed by atoms with Crippen LogP contribution in [0.4, 0.5) is 0 Å². The molecule has 0 aromatic rings. The predicted molar refractivity (Wildman–Crippen MR) is 53.5 cm³/mol. The van der Waals surface area contributed by atoms with E-state index >= 15 is 0 Å². The Morgan fingerprint density at radius 1 is 1.46 bits per heavy atom. The van der Waals surface area contributed by atoms with Crippen molar-refractivity contribution in [3.05, 3.63) is 0 Å². The van der Waals surface area contributed by atoms with Crippen molar-refractivity contribution in [1.29, 1.82) is 0 Å². The fourth-order valence-corrected chi connectivity index (χ4v) is 1.54. The Bertz CT molecular complexity index is 176. The van der Waals surface area contributed by atoms with E-state index in [9.17, 15) is 4.79 Å². The third kappa shape index (κ3) is 2.69. The van der Waals surface area contributed by atoms with E-state index in [-0.39, 0.29) is 11.3 Å². The fraction of sp³-hybridized carbons (Fsp3) is 0.900. The Morgan fingerprint density at radius 2 is 2.15 bits per heavy atom. The van der Waals surface area contributed by atoms with Gasteiger partial charge >= 0.3 is 0 Å². The zero-order chi connectivity index (χ0) is 9.73. The molecular formula is C10H20N2O. The highest BCUT2D eigenvalue weighted by Gasteiger charge is 2.48. The van der Waals surface area contributed by atoms with Crippen molar-refractivity contribution in [1.82, 2.24) is 10.6 Å². The van der Waals surface area contributed by atoms with Crippen molar-refractivity contribution in [3.63, 3.8) is 0 Å². The van der Waals surface area contributed by atoms with Gasteiger partial charge in [0.05, 0.1) is 5.41 Å². The quantitative estimate of drug-likeness (QED) is 0.602. The van der Waals surface area contributed by atoms with Gasteiger partial charge < -0.3 is 10.6 Å². The highest BCUT2D eigenvalue weighted by Crippen LogP contribution is 2.45. The number of carbonyl (C=O) groups is 1. The van der Waals surface area contributed by atoms with Crippen LogP contribution in [0.2, 0.25) is 0 Å². The first-order valence-corrected chi connectivity index (χ1v) is 5.18. The lowest BCUT2D eigenvalue weighted by Gasteiger charge is -2.14. The van der Waals surface area contributed by atoms with E-state index < -0.39 is 0 Å². The second kappa shape index (κ2) is 4.61. The molecule has 0 heterocycles. The first kappa shape index (κ1) is 10.5. The van der Waals surface area contributed by atoms with Crippen LogP contribution in [0, 0.1) is 5.41 Å². The zero-order valence-corrected chi connectivity index (χ0v) is 8.65. The van der Waals surface area contributed by atoms with Crippen molar-refractivity contribution in [2.75, 3.05) is 20.1 Å². The number of rotatable bonds is 6. The van der Waals surface area contributed by atoms with Crippen LogP contribution >= 0.6 is 0 Å². The van der Waals surface area contributed by atoms with Crippen LogP contribution < -0.4 is 10.6 Å². The van der Waals surface area contributed by atoms with Crippen LogP contribution in [-0.2, 0) is 4.79 Å². The lowest BCUT2D eigenvalue weighted by molar-refractivity contribution is -0.126. The molecule has 1 amide bonds. The summed E-state index contributed by atoms with van der Waals surface area (Å²) in [5, 5.41) is 6.07. The summed E-state index contributed by atoms with van der Waals surface area (Å²) in [7, 11) is 1.90. The Labute approximate surface area is 80.3 Å². The molecule has 0 bridgehead atoms. The lowest BCUT2D eigenvalue weighted by Crippen LogP contribution is -2.37. The van der Waals surface area contributed by atoms with Crippen LogP contribution in [0.1, 0.15) is 32.6 Å². The van der Waals surface area contributed by atoms with Crippen LogP contribution in [0.5, 0.6) is 0 Å². The molecule has 3 heteroatoms. The molecule has 1 fully saturated rings. The maximum atomic E-state index is 11.6. The van der Waals surface area contributed by atoms with Gasteiger partial charge in [-0.3, -0.25) is 4.79 Å². The average molecular weight is 184 g/mol. The van der Waals surface area contributed by atoms with E-state index in [0.29, 0.717) is 0 Å². The third-order valence-electron chi connectivity index (χ3n) is 2.67. The molecule has 0 atom stereocenters. The zero-order valence-electron chi connectivity index (χ0n) is 8.65. The topological polar surface area (TPSA) is 41.1 Å². The van der Waals surface area contributed by atoms with Gasteiger partial charge in [-0.2, -0.15) is 0 Å². The summed E-state index contributed by atoms with van der Waals surface area (Å²) in [5.74, 6) is 0.246. The lowest BCUT2D eigenvalue weighted by atomic mass is 10.1. The standard InChI is InChI=1S/C10H20N2O/c1-3-4-7-12-9(13)10(5-6-10)8-11-2/h11H,3-8H2,1-2H3,(H,12,13). The fourth-order valence-electron chi connectivity index (χ4n) is 1.54. The van der Waals surface area contributed by atoms with Crippen molar-refractivity contribution < 1.29 is 4.79 Å². The molecule has 1 rings (SSSR count). The summed E-state index contributed by atoms with van der Waals surface area (Å²) >= 11 is 0. The van der Waals surface area contributed by atoms with Gasteiger partial charge in [-0.05, 0) is 26.3 Å². The molecular weight excluding hydrogens is 164 g/mol. The predicted octanol–water partition coefficient (Wildman–Crippen LogP) is 0.902. The first-order chi connectivity index (χ1) is 6.25. The number of unbranched alkanes of at least 4 members (excludes halogenated alkanes) is 1. The van der Waals surface area contributed by atoms with Gasteiger partial charge in [-0.25, -0.2) is 0 Å². The second-order valence-electron chi connectivity index (χ2n) is 3.92. The normalized spacial score (nSPS) is 18.3. The minimum Gasteiger partial charge on any atom is -0.356 e. The molecule has 3 nitrogen and oxygen atoms in total. The van der Waals surface area contributed by atoms with E-state index in [1.54, 1.807) is 0 Å². The number of nitrogens with one attached hydrogen (secondary N) is 2. The van der Waals surface area contributed by atoms with Gasteiger partial charge in [0.1, 0.15) is 0 Å². The van der Waals surface area contributed by atoms with Gasteiger partial charge in [0, 0.05) is 13.1 Å². The summed E-state index contributed by atoms with van der Waals surface area (Å²) in [6.07, 6.45) is 4.32. The van der Waals surface area contributed by atoms with Gasteiger partial charge in [0.2, 0.25) is 5.91 Å². The van der Waals surface area contributed by atoms with E-state index in [0.717, 1.165) is 38.8 Å². The van der Waals surface area contributed by atoms with E-state index in [1.165, 1.54) is 0 Å². The van der Waals surface area contributed by atoms with Gasteiger partial charge in [-0.1, -0.05) is 13.3 Å².